The molecule has 0 aliphatic rings. The molecule has 0 unspecified atom stereocenters. The van der Waals surface area contributed by atoms with E-state index in [1.807, 2.05) is 6.07 Å². The molecule has 31 heavy (non-hydrogen) atoms. The van der Waals surface area contributed by atoms with Crippen LogP contribution in [0.5, 0.6) is 0 Å². The second-order valence-corrected chi connectivity index (χ2v) is 8.01. The van der Waals surface area contributed by atoms with Crippen LogP contribution in [0.25, 0.3) is 17.2 Å². The molecular formula is C23H16Cl2N2O3S. The second kappa shape index (κ2) is 10.3. The van der Waals surface area contributed by atoms with Crippen molar-refractivity contribution >= 4 is 57.5 Å². The van der Waals surface area contributed by atoms with E-state index in [9.17, 15) is 14.9 Å². The molecule has 3 rings (SSSR count). The average molecular weight is 471 g/mol. The highest BCUT2D eigenvalue weighted by Crippen LogP contribution is 2.37. The van der Waals surface area contributed by atoms with E-state index >= 15 is 0 Å². The summed E-state index contributed by atoms with van der Waals surface area (Å²) < 4.78 is 5.19. The molecule has 1 aromatic heterocycles. The van der Waals surface area contributed by atoms with Gasteiger partial charge < -0.3 is 10.1 Å². The SMILES string of the molecule is CCOC(=O)c1c(-c2ccc(Cl)cc2)csc1NC(=O)C(C#N)=Cc1ccc(Cl)cc1. The fourth-order valence-electron chi connectivity index (χ4n) is 2.74. The van der Waals surface area contributed by atoms with Gasteiger partial charge in [0.25, 0.3) is 5.91 Å². The number of rotatable bonds is 6. The maximum atomic E-state index is 12.7. The van der Waals surface area contributed by atoms with Crippen LogP contribution in [0.2, 0.25) is 10.0 Å². The van der Waals surface area contributed by atoms with E-state index in [-0.39, 0.29) is 17.7 Å². The van der Waals surface area contributed by atoms with Gasteiger partial charge in [0.2, 0.25) is 0 Å². The van der Waals surface area contributed by atoms with Gasteiger partial charge in [0.05, 0.1) is 6.61 Å². The molecule has 0 saturated heterocycles. The summed E-state index contributed by atoms with van der Waals surface area (Å²) >= 11 is 13.0. The number of halogens is 2. The first-order valence-corrected chi connectivity index (χ1v) is 10.8. The first kappa shape index (κ1) is 22.6. The molecule has 1 heterocycles. The molecule has 2 aromatic carbocycles. The van der Waals surface area contributed by atoms with Crippen LogP contribution < -0.4 is 5.32 Å². The van der Waals surface area contributed by atoms with Crippen LogP contribution in [-0.2, 0) is 9.53 Å². The van der Waals surface area contributed by atoms with Gasteiger partial charge in [-0.15, -0.1) is 11.3 Å². The monoisotopic (exact) mass is 470 g/mol. The summed E-state index contributed by atoms with van der Waals surface area (Å²) in [5, 5.41) is 15.3. The fourth-order valence-corrected chi connectivity index (χ4v) is 3.95. The minimum atomic E-state index is -0.632. The van der Waals surface area contributed by atoms with Crippen LogP contribution in [0, 0.1) is 11.3 Å². The number of hydrogen-bond donors (Lipinski definition) is 1. The molecule has 156 valence electrons. The van der Waals surface area contributed by atoms with E-state index in [0.29, 0.717) is 26.2 Å². The van der Waals surface area contributed by atoms with E-state index in [1.54, 1.807) is 60.8 Å². The zero-order valence-electron chi connectivity index (χ0n) is 16.3. The van der Waals surface area contributed by atoms with Gasteiger partial charge in [-0.25, -0.2) is 4.79 Å². The van der Waals surface area contributed by atoms with Crippen molar-refractivity contribution in [1.82, 2.24) is 0 Å². The third-order valence-corrected chi connectivity index (χ3v) is 5.60. The summed E-state index contributed by atoms with van der Waals surface area (Å²) in [7, 11) is 0. The largest absolute Gasteiger partial charge is 0.462 e. The number of nitriles is 1. The number of benzene rings is 2. The Kier molecular flexibility index (Phi) is 7.48. The number of nitrogens with one attached hydrogen (secondary N) is 1. The van der Waals surface area contributed by atoms with Crippen molar-refractivity contribution in [1.29, 1.82) is 5.26 Å². The Hall–Kier alpha value is -3.11. The number of esters is 1. The third kappa shape index (κ3) is 5.53. The van der Waals surface area contributed by atoms with Crippen LogP contribution in [-0.4, -0.2) is 18.5 Å². The quantitative estimate of drug-likeness (QED) is 0.255. The van der Waals surface area contributed by atoms with E-state index < -0.39 is 11.9 Å². The number of hydrogen-bond acceptors (Lipinski definition) is 5. The Morgan fingerprint density at radius 1 is 1.10 bits per heavy atom. The van der Waals surface area contributed by atoms with Crippen molar-refractivity contribution in [2.45, 2.75) is 6.92 Å². The molecule has 0 aliphatic carbocycles. The van der Waals surface area contributed by atoms with Crippen LogP contribution in [0.3, 0.4) is 0 Å². The van der Waals surface area contributed by atoms with Gasteiger partial charge in [-0.1, -0.05) is 47.5 Å². The van der Waals surface area contributed by atoms with Gasteiger partial charge in [-0.2, -0.15) is 5.26 Å². The predicted octanol–water partition coefficient (Wildman–Crippen LogP) is 6.44. The molecule has 0 fully saturated rings. The van der Waals surface area contributed by atoms with E-state index in [1.165, 1.54) is 17.4 Å². The van der Waals surface area contributed by atoms with Gasteiger partial charge in [-0.05, 0) is 48.4 Å². The number of thiophene rings is 1. The zero-order chi connectivity index (χ0) is 22.4. The van der Waals surface area contributed by atoms with E-state index in [4.69, 9.17) is 27.9 Å². The highest BCUT2D eigenvalue weighted by molar-refractivity contribution is 7.15. The van der Waals surface area contributed by atoms with Gasteiger partial charge >= 0.3 is 5.97 Å². The molecule has 0 aliphatic heterocycles. The van der Waals surface area contributed by atoms with Crippen molar-refractivity contribution in [3.05, 3.63) is 80.7 Å². The minimum absolute atomic E-state index is 0.112. The molecule has 1 amide bonds. The van der Waals surface area contributed by atoms with Gasteiger partial charge in [-0.3, -0.25) is 4.79 Å². The number of nitrogens with zero attached hydrogens (tertiary/aromatic N) is 1. The molecule has 0 spiro atoms. The van der Waals surface area contributed by atoms with Crippen LogP contribution in [0.1, 0.15) is 22.8 Å². The van der Waals surface area contributed by atoms with Crippen molar-refractivity contribution in [2.75, 3.05) is 11.9 Å². The lowest BCUT2D eigenvalue weighted by Crippen LogP contribution is -2.16. The molecule has 8 heteroatoms. The van der Waals surface area contributed by atoms with Crippen molar-refractivity contribution in [3.63, 3.8) is 0 Å². The van der Waals surface area contributed by atoms with Crippen molar-refractivity contribution < 1.29 is 14.3 Å². The lowest BCUT2D eigenvalue weighted by Gasteiger charge is -2.09. The summed E-state index contributed by atoms with van der Waals surface area (Å²) in [5.41, 5.74) is 2.12. The van der Waals surface area contributed by atoms with Crippen LogP contribution >= 0.6 is 34.5 Å². The van der Waals surface area contributed by atoms with Crippen LogP contribution in [0.4, 0.5) is 5.00 Å². The van der Waals surface area contributed by atoms with Crippen LogP contribution in [0.15, 0.2) is 59.5 Å². The lowest BCUT2D eigenvalue weighted by molar-refractivity contribution is -0.112. The fraction of sp³-hybridized carbons (Fsp3) is 0.0870. The third-order valence-electron chi connectivity index (χ3n) is 4.20. The normalized spacial score (nSPS) is 11.0. The number of carbonyl (C=O) groups excluding carboxylic acids is 2. The zero-order valence-corrected chi connectivity index (χ0v) is 18.6. The number of amides is 1. The molecule has 5 nitrogen and oxygen atoms in total. The molecule has 0 saturated carbocycles. The average Bonchev–Trinajstić information content (AvgIpc) is 3.17. The molecule has 0 radical (unpaired) electrons. The topological polar surface area (TPSA) is 79.2 Å². The Morgan fingerprint density at radius 2 is 1.71 bits per heavy atom. The minimum Gasteiger partial charge on any atom is -0.462 e. The summed E-state index contributed by atoms with van der Waals surface area (Å²) in [6.07, 6.45) is 1.45. The summed E-state index contributed by atoms with van der Waals surface area (Å²) in [4.78, 5) is 25.4. The first-order valence-electron chi connectivity index (χ1n) is 9.16. The van der Waals surface area contributed by atoms with Gasteiger partial charge in [0, 0.05) is 21.0 Å². The predicted molar refractivity (Wildman–Crippen MR) is 124 cm³/mol. The molecule has 0 bridgehead atoms. The molecule has 1 N–H and O–H groups in total. The Bertz CT molecular complexity index is 1180. The maximum Gasteiger partial charge on any atom is 0.341 e. The first-order chi connectivity index (χ1) is 14.9. The Labute approximate surface area is 193 Å². The second-order valence-electron chi connectivity index (χ2n) is 6.26. The standard InChI is InChI=1S/C23H16Cl2N2O3S/c1-2-30-23(29)20-19(15-5-9-18(25)10-6-15)13-31-22(20)27-21(28)16(12-26)11-14-3-7-17(24)8-4-14/h3-11,13H,2H2,1H3,(H,27,28). The highest BCUT2D eigenvalue weighted by atomic mass is 35.5. The van der Waals surface area contributed by atoms with E-state index in [0.717, 1.165) is 5.56 Å². The molecular weight excluding hydrogens is 455 g/mol. The van der Waals surface area contributed by atoms with E-state index in [2.05, 4.69) is 5.32 Å². The molecule has 3 aromatic rings. The highest BCUT2D eigenvalue weighted by Gasteiger charge is 2.23. The van der Waals surface area contributed by atoms with Crippen molar-refractivity contribution in [2.24, 2.45) is 0 Å². The van der Waals surface area contributed by atoms with Crippen molar-refractivity contribution in [3.8, 4) is 17.2 Å². The lowest BCUT2D eigenvalue weighted by atomic mass is 10.0. The Balaban J connectivity index is 1.95. The molecule has 0 atom stereocenters. The summed E-state index contributed by atoms with van der Waals surface area (Å²) in [5.74, 6) is -1.20. The summed E-state index contributed by atoms with van der Waals surface area (Å²) in [6, 6.07) is 15.6. The maximum absolute atomic E-state index is 12.7. The number of ether oxygens (including phenoxy) is 1. The van der Waals surface area contributed by atoms with Gasteiger partial charge in [0.15, 0.2) is 0 Å². The smallest absolute Gasteiger partial charge is 0.341 e. The number of anilines is 1. The number of carbonyl (C=O) groups is 2. The summed E-state index contributed by atoms with van der Waals surface area (Å²) in [6.45, 7) is 1.88. The van der Waals surface area contributed by atoms with Gasteiger partial charge in [0.1, 0.15) is 22.2 Å². The Morgan fingerprint density at radius 3 is 2.29 bits per heavy atom.